The molecule has 0 saturated carbocycles. The predicted octanol–water partition coefficient (Wildman–Crippen LogP) is 3.36. The molecule has 2 rings (SSSR count). The average molecular weight is 300 g/mol. The third kappa shape index (κ3) is 3.13. The zero-order valence-electron chi connectivity index (χ0n) is 9.45. The Balaban J connectivity index is 2.30. The number of nitrogens with zero attached hydrogens (tertiary/aromatic N) is 1. The van der Waals surface area contributed by atoms with Gasteiger partial charge in [0.1, 0.15) is 11.6 Å². The van der Waals surface area contributed by atoms with E-state index >= 15 is 0 Å². The fourth-order valence-electron chi connectivity index (χ4n) is 1.41. The zero-order chi connectivity index (χ0) is 14.0. The van der Waals surface area contributed by atoms with Crippen molar-refractivity contribution >= 4 is 40.6 Å². The highest BCUT2D eigenvalue weighted by molar-refractivity contribution is 6.35. The lowest BCUT2D eigenvalue weighted by atomic mass is 10.2. The first kappa shape index (κ1) is 13.6. The lowest BCUT2D eigenvalue weighted by Crippen LogP contribution is -2.15. The normalized spacial score (nSPS) is 10.3. The van der Waals surface area contributed by atoms with Crippen LogP contribution in [-0.2, 0) is 0 Å². The molecule has 0 spiro atoms. The molecule has 0 fully saturated rings. The summed E-state index contributed by atoms with van der Waals surface area (Å²) in [5.41, 5.74) is 5.75. The van der Waals surface area contributed by atoms with Crippen LogP contribution >= 0.6 is 23.2 Å². The topological polar surface area (TPSA) is 68.0 Å². The maximum atomic E-state index is 13.0. The van der Waals surface area contributed by atoms with Crippen molar-refractivity contribution in [2.45, 2.75) is 0 Å². The summed E-state index contributed by atoms with van der Waals surface area (Å²) < 4.78 is 13.0. The van der Waals surface area contributed by atoms with Crippen LogP contribution in [0.1, 0.15) is 10.4 Å². The van der Waals surface area contributed by atoms with Gasteiger partial charge in [-0.15, -0.1) is 0 Å². The molecule has 1 amide bonds. The molecule has 1 aromatic carbocycles. The van der Waals surface area contributed by atoms with Gasteiger partial charge in [-0.1, -0.05) is 23.2 Å². The maximum Gasteiger partial charge on any atom is 0.259 e. The summed E-state index contributed by atoms with van der Waals surface area (Å²) in [5.74, 6) is -1.35. The van der Waals surface area contributed by atoms with E-state index in [1.807, 2.05) is 0 Å². The standard InChI is InChI=1S/C12H8Cl2FN3O/c13-6-1-2-9(14)10(3-6)18-12(19)8-4-7(15)5-17-11(8)16/h1-5H,(H2,16,17)(H,18,19). The second kappa shape index (κ2) is 5.42. The molecule has 19 heavy (non-hydrogen) atoms. The number of aromatic nitrogens is 1. The molecule has 98 valence electrons. The number of rotatable bonds is 2. The molecule has 7 heteroatoms. The van der Waals surface area contributed by atoms with Gasteiger partial charge in [0, 0.05) is 5.02 Å². The van der Waals surface area contributed by atoms with Gasteiger partial charge in [0.15, 0.2) is 0 Å². The van der Waals surface area contributed by atoms with Gasteiger partial charge in [0.25, 0.3) is 5.91 Å². The average Bonchev–Trinajstić information content (AvgIpc) is 2.36. The number of benzene rings is 1. The quantitative estimate of drug-likeness (QED) is 0.893. The van der Waals surface area contributed by atoms with Gasteiger partial charge in [-0.05, 0) is 24.3 Å². The van der Waals surface area contributed by atoms with Gasteiger partial charge < -0.3 is 11.1 Å². The Morgan fingerprint density at radius 1 is 1.32 bits per heavy atom. The lowest BCUT2D eigenvalue weighted by molar-refractivity contribution is 0.102. The van der Waals surface area contributed by atoms with Crippen molar-refractivity contribution < 1.29 is 9.18 Å². The van der Waals surface area contributed by atoms with Crippen LogP contribution < -0.4 is 11.1 Å². The van der Waals surface area contributed by atoms with Crippen LogP contribution in [0.4, 0.5) is 15.9 Å². The number of anilines is 2. The van der Waals surface area contributed by atoms with Crippen molar-refractivity contribution in [2.75, 3.05) is 11.1 Å². The van der Waals surface area contributed by atoms with E-state index in [9.17, 15) is 9.18 Å². The number of halogens is 3. The van der Waals surface area contributed by atoms with Gasteiger partial charge in [-0.3, -0.25) is 4.79 Å². The highest BCUT2D eigenvalue weighted by Gasteiger charge is 2.14. The first-order valence-electron chi connectivity index (χ1n) is 5.15. The predicted molar refractivity (Wildman–Crippen MR) is 73.0 cm³/mol. The number of carbonyl (C=O) groups excluding carboxylic acids is 1. The molecular weight excluding hydrogens is 292 g/mol. The zero-order valence-corrected chi connectivity index (χ0v) is 11.0. The fraction of sp³-hybridized carbons (Fsp3) is 0. The summed E-state index contributed by atoms with van der Waals surface area (Å²) in [6.07, 6.45) is 0.929. The SMILES string of the molecule is Nc1ncc(F)cc1C(=O)Nc1cc(Cl)ccc1Cl. The van der Waals surface area contributed by atoms with Crippen LogP contribution in [0.5, 0.6) is 0 Å². The lowest BCUT2D eigenvalue weighted by Gasteiger charge is -2.09. The van der Waals surface area contributed by atoms with Crippen LogP contribution in [0.25, 0.3) is 0 Å². The summed E-state index contributed by atoms with van der Waals surface area (Å²) in [7, 11) is 0. The first-order valence-corrected chi connectivity index (χ1v) is 5.90. The fourth-order valence-corrected chi connectivity index (χ4v) is 1.75. The first-order chi connectivity index (χ1) is 8.97. The molecule has 1 heterocycles. The van der Waals surface area contributed by atoms with E-state index in [1.165, 1.54) is 12.1 Å². The summed E-state index contributed by atoms with van der Waals surface area (Å²) in [6, 6.07) is 5.59. The Labute approximate surface area is 118 Å². The van der Waals surface area contributed by atoms with Crippen molar-refractivity contribution in [3.05, 3.63) is 51.9 Å². The number of pyridine rings is 1. The molecule has 0 aliphatic heterocycles. The van der Waals surface area contributed by atoms with Gasteiger partial charge in [0.05, 0.1) is 22.5 Å². The molecule has 0 aliphatic carbocycles. The third-order valence-electron chi connectivity index (χ3n) is 2.31. The number of nitrogens with two attached hydrogens (primary N) is 1. The van der Waals surface area contributed by atoms with E-state index < -0.39 is 11.7 Å². The Morgan fingerprint density at radius 3 is 2.79 bits per heavy atom. The minimum absolute atomic E-state index is 0.0722. The number of hydrogen-bond acceptors (Lipinski definition) is 3. The highest BCUT2D eigenvalue weighted by Crippen LogP contribution is 2.26. The van der Waals surface area contributed by atoms with Crippen LogP contribution in [0.2, 0.25) is 10.0 Å². The molecular formula is C12H8Cl2FN3O. The number of carbonyl (C=O) groups is 1. The Bertz CT molecular complexity index is 649. The van der Waals surface area contributed by atoms with Crippen molar-refractivity contribution in [2.24, 2.45) is 0 Å². The Morgan fingerprint density at radius 2 is 2.05 bits per heavy atom. The molecule has 4 nitrogen and oxygen atoms in total. The molecule has 0 radical (unpaired) electrons. The molecule has 0 bridgehead atoms. The van der Waals surface area contributed by atoms with Gasteiger partial charge in [-0.25, -0.2) is 9.37 Å². The Hall–Kier alpha value is -1.85. The Kier molecular flexibility index (Phi) is 3.87. The van der Waals surface area contributed by atoms with Crippen LogP contribution in [0, 0.1) is 5.82 Å². The molecule has 0 aliphatic rings. The maximum absolute atomic E-state index is 13.0. The van der Waals surface area contributed by atoms with Gasteiger partial charge in [0.2, 0.25) is 0 Å². The molecule has 1 aromatic heterocycles. The van der Waals surface area contributed by atoms with Crippen molar-refractivity contribution in [3.63, 3.8) is 0 Å². The van der Waals surface area contributed by atoms with Crippen molar-refractivity contribution in [3.8, 4) is 0 Å². The number of hydrogen-bond donors (Lipinski definition) is 2. The summed E-state index contributed by atoms with van der Waals surface area (Å²) >= 11 is 11.7. The molecule has 3 N–H and O–H groups in total. The summed E-state index contributed by atoms with van der Waals surface area (Å²) in [5, 5.41) is 3.21. The summed E-state index contributed by atoms with van der Waals surface area (Å²) in [4.78, 5) is 15.5. The van der Waals surface area contributed by atoms with Crippen LogP contribution in [0.3, 0.4) is 0 Å². The van der Waals surface area contributed by atoms with Crippen LogP contribution in [0.15, 0.2) is 30.5 Å². The van der Waals surface area contributed by atoms with E-state index in [2.05, 4.69) is 10.3 Å². The van der Waals surface area contributed by atoms with Crippen molar-refractivity contribution in [1.29, 1.82) is 0 Å². The van der Waals surface area contributed by atoms with Crippen LogP contribution in [-0.4, -0.2) is 10.9 Å². The second-order valence-corrected chi connectivity index (χ2v) is 4.51. The monoisotopic (exact) mass is 299 g/mol. The largest absolute Gasteiger partial charge is 0.383 e. The third-order valence-corrected chi connectivity index (χ3v) is 2.87. The second-order valence-electron chi connectivity index (χ2n) is 3.66. The van der Waals surface area contributed by atoms with E-state index in [-0.39, 0.29) is 11.4 Å². The highest BCUT2D eigenvalue weighted by atomic mass is 35.5. The van der Waals surface area contributed by atoms with Crippen molar-refractivity contribution in [1.82, 2.24) is 4.98 Å². The van der Waals surface area contributed by atoms with Gasteiger partial charge >= 0.3 is 0 Å². The minimum atomic E-state index is -0.656. The van der Waals surface area contributed by atoms with E-state index in [1.54, 1.807) is 6.07 Å². The smallest absolute Gasteiger partial charge is 0.259 e. The van der Waals surface area contributed by atoms with E-state index in [0.717, 1.165) is 12.3 Å². The number of nitrogen functional groups attached to an aromatic ring is 1. The van der Waals surface area contributed by atoms with E-state index in [0.29, 0.717) is 15.7 Å². The minimum Gasteiger partial charge on any atom is -0.383 e. The summed E-state index contributed by atoms with van der Waals surface area (Å²) in [6.45, 7) is 0. The molecule has 2 aromatic rings. The number of nitrogens with one attached hydrogen (secondary N) is 1. The molecule has 0 unspecified atom stereocenters. The van der Waals surface area contributed by atoms with Gasteiger partial charge in [-0.2, -0.15) is 0 Å². The molecule has 0 atom stereocenters. The number of amides is 1. The van der Waals surface area contributed by atoms with E-state index in [4.69, 9.17) is 28.9 Å². The molecule has 0 saturated heterocycles.